The number of ketones is 1. The molecule has 0 aromatic carbocycles. The highest BCUT2D eigenvalue weighted by atomic mass is 16.1. The smallest absolute Gasteiger partial charge is 0.286 e. The lowest BCUT2D eigenvalue weighted by Gasteiger charge is -2.02. The van der Waals surface area contributed by atoms with Crippen LogP contribution >= 0.6 is 0 Å². The van der Waals surface area contributed by atoms with Crippen LogP contribution in [0, 0.1) is 0 Å². The number of rotatable bonds is 13. The van der Waals surface area contributed by atoms with Crippen LogP contribution < -0.4 is 4.57 Å². The lowest BCUT2D eigenvalue weighted by atomic mass is 10.0. The molecule has 0 amide bonds. The second-order valence-electron chi connectivity index (χ2n) is 6.13. The molecule has 3 heteroatoms. The summed E-state index contributed by atoms with van der Waals surface area (Å²) >= 11 is 0. The summed E-state index contributed by atoms with van der Waals surface area (Å²) in [5.74, 6) is 0.959. The quantitative estimate of drug-likeness (QED) is 0.319. The van der Waals surface area contributed by atoms with E-state index in [4.69, 9.17) is 0 Å². The van der Waals surface area contributed by atoms with Gasteiger partial charge in [-0.05, 0) is 6.42 Å². The average Bonchev–Trinajstić information content (AvgIpc) is 2.91. The maximum Gasteiger partial charge on any atom is 0.323 e. The molecule has 1 N–H and O–H groups in total. The Bertz CT molecular complexity index is 384. The van der Waals surface area contributed by atoms with E-state index in [9.17, 15) is 4.79 Å². The molecule has 0 fully saturated rings. The second kappa shape index (κ2) is 11.5. The summed E-state index contributed by atoms with van der Waals surface area (Å²) < 4.78 is 1.86. The number of carbonyl (C=O) groups excluding carboxylic acids is 1. The fourth-order valence-electron chi connectivity index (χ4n) is 2.75. The molecular formula is C18H33N2O+. The number of carbonyl (C=O) groups is 1. The van der Waals surface area contributed by atoms with Crippen molar-refractivity contribution in [3.63, 3.8) is 0 Å². The minimum atomic E-state index is 0.235. The van der Waals surface area contributed by atoms with Crippen LogP contribution in [0.1, 0.15) is 94.6 Å². The number of aromatic nitrogens is 2. The highest BCUT2D eigenvalue weighted by molar-refractivity contribution is 5.91. The van der Waals surface area contributed by atoms with Crippen molar-refractivity contribution in [2.24, 2.45) is 7.05 Å². The van der Waals surface area contributed by atoms with Crippen molar-refractivity contribution in [2.45, 2.75) is 84.0 Å². The minimum Gasteiger partial charge on any atom is -0.286 e. The predicted octanol–water partition coefficient (Wildman–Crippen LogP) is 4.72. The van der Waals surface area contributed by atoms with E-state index in [0.29, 0.717) is 6.42 Å². The van der Waals surface area contributed by atoms with Crippen molar-refractivity contribution >= 4 is 5.78 Å². The number of imidazole rings is 1. The number of hydrogen-bond donors (Lipinski definition) is 1. The van der Waals surface area contributed by atoms with Crippen molar-refractivity contribution < 1.29 is 9.36 Å². The van der Waals surface area contributed by atoms with Gasteiger partial charge in [-0.2, -0.15) is 0 Å². The highest BCUT2D eigenvalue weighted by Gasteiger charge is 2.16. The van der Waals surface area contributed by atoms with Crippen molar-refractivity contribution in [3.8, 4) is 0 Å². The van der Waals surface area contributed by atoms with Gasteiger partial charge in [0, 0.05) is 6.42 Å². The lowest BCUT2D eigenvalue weighted by molar-refractivity contribution is -0.672. The largest absolute Gasteiger partial charge is 0.323 e. The molecular weight excluding hydrogens is 260 g/mol. The monoisotopic (exact) mass is 293 g/mol. The molecule has 0 aliphatic heterocycles. The molecule has 21 heavy (non-hydrogen) atoms. The van der Waals surface area contributed by atoms with Crippen molar-refractivity contribution in [2.75, 3.05) is 0 Å². The summed E-state index contributed by atoms with van der Waals surface area (Å²) in [5.41, 5.74) is 0. The van der Waals surface area contributed by atoms with Gasteiger partial charge in [-0.25, -0.2) is 9.55 Å². The predicted molar refractivity (Wildman–Crippen MR) is 87.4 cm³/mol. The Morgan fingerprint density at radius 2 is 1.48 bits per heavy atom. The van der Waals surface area contributed by atoms with Crippen LogP contribution in [-0.2, 0) is 7.05 Å². The van der Waals surface area contributed by atoms with E-state index in [0.717, 1.165) is 12.2 Å². The van der Waals surface area contributed by atoms with E-state index in [1.165, 1.54) is 64.2 Å². The van der Waals surface area contributed by atoms with E-state index in [1.807, 2.05) is 24.0 Å². The van der Waals surface area contributed by atoms with Gasteiger partial charge in [0.1, 0.15) is 12.4 Å². The first-order chi connectivity index (χ1) is 10.3. The molecule has 0 saturated heterocycles. The molecule has 1 rings (SSSR count). The zero-order chi connectivity index (χ0) is 15.3. The average molecular weight is 293 g/mol. The van der Waals surface area contributed by atoms with Gasteiger partial charge in [-0.1, -0.05) is 71.1 Å². The molecule has 0 aliphatic carbocycles. The second-order valence-corrected chi connectivity index (χ2v) is 6.13. The maximum atomic E-state index is 11.9. The van der Waals surface area contributed by atoms with Crippen molar-refractivity contribution in [3.05, 3.63) is 18.2 Å². The number of H-pyrrole nitrogens is 1. The summed E-state index contributed by atoms with van der Waals surface area (Å²) in [6.45, 7) is 2.26. The number of hydrogen-bond acceptors (Lipinski definition) is 1. The molecule has 3 nitrogen and oxygen atoms in total. The third-order valence-electron chi connectivity index (χ3n) is 4.14. The Balaban J connectivity index is 1.89. The Morgan fingerprint density at radius 1 is 0.952 bits per heavy atom. The Kier molecular flexibility index (Phi) is 9.84. The highest BCUT2D eigenvalue weighted by Crippen LogP contribution is 2.12. The van der Waals surface area contributed by atoms with Gasteiger partial charge in [0.05, 0.1) is 7.05 Å². The Morgan fingerprint density at radius 3 is 1.95 bits per heavy atom. The molecule has 0 spiro atoms. The summed E-state index contributed by atoms with van der Waals surface area (Å²) in [6.07, 6.45) is 18.9. The summed E-state index contributed by atoms with van der Waals surface area (Å²) in [4.78, 5) is 14.9. The molecule has 0 aliphatic rings. The fourth-order valence-corrected chi connectivity index (χ4v) is 2.75. The fraction of sp³-hybridized carbons (Fsp3) is 0.778. The molecule has 0 radical (unpaired) electrons. The van der Waals surface area contributed by atoms with Crippen LogP contribution in [0.3, 0.4) is 0 Å². The van der Waals surface area contributed by atoms with Crippen LogP contribution in [0.15, 0.2) is 12.4 Å². The van der Waals surface area contributed by atoms with Gasteiger partial charge in [0.15, 0.2) is 0 Å². The van der Waals surface area contributed by atoms with Crippen LogP contribution in [-0.4, -0.2) is 10.8 Å². The maximum absolute atomic E-state index is 11.9. The summed E-state index contributed by atoms with van der Waals surface area (Å²) in [6, 6.07) is 0. The molecule has 1 aromatic rings. The third kappa shape index (κ3) is 8.03. The van der Waals surface area contributed by atoms with Crippen molar-refractivity contribution in [1.29, 1.82) is 0 Å². The molecule has 0 bridgehead atoms. The van der Waals surface area contributed by atoms with Gasteiger partial charge in [0.25, 0.3) is 0 Å². The van der Waals surface area contributed by atoms with Gasteiger partial charge < -0.3 is 0 Å². The number of aromatic amines is 1. The van der Waals surface area contributed by atoms with E-state index in [1.54, 1.807) is 0 Å². The molecule has 1 aromatic heterocycles. The number of nitrogens with zero attached hydrogens (tertiary/aromatic N) is 1. The standard InChI is InChI=1S/C18H32N2O/c1-3-4-5-6-7-8-9-10-11-12-13-14-17(21)18-19-15-16-20(18)2/h15-16H,3-14H2,1-2H3/p+1. The van der Waals surface area contributed by atoms with E-state index >= 15 is 0 Å². The van der Waals surface area contributed by atoms with Crippen LogP contribution in [0.2, 0.25) is 0 Å². The van der Waals surface area contributed by atoms with Gasteiger partial charge in [-0.15, -0.1) is 0 Å². The normalized spacial score (nSPS) is 11.0. The summed E-state index contributed by atoms with van der Waals surface area (Å²) in [5, 5.41) is 0. The van der Waals surface area contributed by atoms with E-state index in [2.05, 4.69) is 11.9 Å². The SMILES string of the molecule is CCCCCCCCCCCCCC(=O)c1[nH]cc[n+]1C. The zero-order valence-corrected chi connectivity index (χ0v) is 14.0. The molecule has 120 valence electrons. The number of nitrogens with one attached hydrogen (secondary N) is 1. The van der Waals surface area contributed by atoms with Crippen molar-refractivity contribution in [1.82, 2.24) is 4.98 Å². The molecule has 0 unspecified atom stereocenters. The summed E-state index contributed by atoms with van der Waals surface area (Å²) in [7, 11) is 1.91. The van der Waals surface area contributed by atoms with E-state index < -0.39 is 0 Å². The van der Waals surface area contributed by atoms with Gasteiger partial charge >= 0.3 is 5.82 Å². The third-order valence-corrected chi connectivity index (χ3v) is 4.14. The lowest BCUT2D eigenvalue weighted by Crippen LogP contribution is -2.33. The van der Waals surface area contributed by atoms with Crippen LogP contribution in [0.4, 0.5) is 0 Å². The molecule has 1 heterocycles. The van der Waals surface area contributed by atoms with Gasteiger partial charge in [-0.3, -0.25) is 4.79 Å². The Labute approximate surface area is 130 Å². The van der Waals surface area contributed by atoms with E-state index in [-0.39, 0.29) is 5.78 Å². The van der Waals surface area contributed by atoms with Crippen LogP contribution in [0.25, 0.3) is 0 Å². The molecule has 0 atom stereocenters. The topological polar surface area (TPSA) is 36.7 Å². The minimum absolute atomic E-state index is 0.235. The first-order valence-corrected chi connectivity index (χ1v) is 8.82. The molecule has 0 saturated carbocycles. The first-order valence-electron chi connectivity index (χ1n) is 8.82. The number of unbranched alkanes of at least 4 members (excludes halogenated alkanes) is 10. The number of aryl methyl sites for hydroxylation is 1. The first kappa shape index (κ1) is 17.9. The van der Waals surface area contributed by atoms with Crippen LogP contribution in [0.5, 0.6) is 0 Å². The number of Topliss-reactive ketones (excluding diaryl/α,β-unsaturated/α-hetero) is 1. The zero-order valence-electron chi connectivity index (χ0n) is 14.0. The van der Waals surface area contributed by atoms with Gasteiger partial charge in [0.2, 0.25) is 5.78 Å². The Hall–Kier alpha value is -1.12.